The van der Waals surface area contributed by atoms with E-state index in [-0.39, 0.29) is 5.91 Å². The van der Waals surface area contributed by atoms with Crippen LogP contribution in [0.25, 0.3) is 0 Å². The number of rotatable bonds is 2. The Morgan fingerprint density at radius 1 is 1.69 bits per heavy atom. The maximum absolute atomic E-state index is 11.4. The number of aromatic nitrogens is 2. The number of carbonyl (C=O) groups is 1. The molecule has 1 heterocycles. The highest BCUT2D eigenvalue weighted by Gasteiger charge is 2.13. The lowest BCUT2D eigenvalue weighted by atomic mass is 10.3. The van der Waals surface area contributed by atoms with E-state index in [9.17, 15) is 4.79 Å². The molecule has 1 aromatic rings. The third kappa shape index (κ3) is 1.86. The Labute approximate surface area is 77.1 Å². The second-order valence-corrected chi connectivity index (χ2v) is 3.05. The van der Waals surface area contributed by atoms with Gasteiger partial charge in [-0.2, -0.15) is 5.10 Å². The molecule has 2 N–H and O–H groups in total. The number of carbonyl (C=O) groups excluding carboxylic acids is 1. The van der Waals surface area contributed by atoms with E-state index in [4.69, 9.17) is 5.73 Å². The van der Waals surface area contributed by atoms with Gasteiger partial charge >= 0.3 is 0 Å². The molecular weight excluding hydrogens is 168 g/mol. The van der Waals surface area contributed by atoms with Crippen LogP contribution < -0.4 is 5.73 Å². The molecule has 0 aromatic carbocycles. The Balaban J connectivity index is 2.97. The van der Waals surface area contributed by atoms with Gasteiger partial charge in [0.2, 0.25) is 0 Å². The van der Waals surface area contributed by atoms with E-state index in [1.165, 1.54) is 4.90 Å². The zero-order valence-corrected chi connectivity index (χ0v) is 8.11. The van der Waals surface area contributed by atoms with E-state index in [2.05, 4.69) is 5.10 Å². The minimum absolute atomic E-state index is 0.102. The molecule has 0 aliphatic carbocycles. The van der Waals surface area contributed by atoms with Crippen molar-refractivity contribution in [3.05, 3.63) is 17.5 Å². The van der Waals surface area contributed by atoms with Gasteiger partial charge in [-0.15, -0.1) is 0 Å². The maximum atomic E-state index is 11.4. The highest BCUT2D eigenvalue weighted by Crippen LogP contribution is 2.03. The second kappa shape index (κ2) is 3.57. The van der Waals surface area contributed by atoms with Crippen molar-refractivity contribution < 1.29 is 4.79 Å². The van der Waals surface area contributed by atoms with Crippen LogP contribution in [0.2, 0.25) is 0 Å². The molecule has 0 unspecified atom stereocenters. The van der Waals surface area contributed by atoms with Crippen LogP contribution in [0, 0.1) is 0 Å². The first-order valence-corrected chi connectivity index (χ1v) is 4.01. The van der Waals surface area contributed by atoms with Gasteiger partial charge in [-0.1, -0.05) is 0 Å². The predicted molar refractivity (Wildman–Crippen MR) is 49.1 cm³/mol. The summed E-state index contributed by atoms with van der Waals surface area (Å²) in [5, 5.41) is 4.05. The Morgan fingerprint density at radius 3 is 2.69 bits per heavy atom. The first-order valence-electron chi connectivity index (χ1n) is 4.01. The smallest absolute Gasteiger partial charge is 0.273 e. The molecule has 72 valence electrons. The van der Waals surface area contributed by atoms with Gasteiger partial charge in [-0.05, 0) is 6.07 Å². The molecule has 0 aliphatic heterocycles. The first-order chi connectivity index (χ1) is 6.06. The fourth-order valence-corrected chi connectivity index (χ4v) is 1.03. The van der Waals surface area contributed by atoms with Crippen LogP contribution in [0.15, 0.2) is 6.07 Å². The molecule has 0 saturated carbocycles. The highest BCUT2D eigenvalue weighted by molar-refractivity contribution is 5.91. The van der Waals surface area contributed by atoms with Crippen molar-refractivity contribution in [2.75, 3.05) is 14.1 Å². The van der Waals surface area contributed by atoms with Gasteiger partial charge in [0.15, 0.2) is 5.69 Å². The largest absolute Gasteiger partial charge is 0.343 e. The van der Waals surface area contributed by atoms with Crippen LogP contribution in [0.3, 0.4) is 0 Å². The Bertz CT molecular complexity index is 316. The Kier molecular flexibility index (Phi) is 2.67. The number of nitrogens with zero attached hydrogens (tertiary/aromatic N) is 3. The fourth-order valence-electron chi connectivity index (χ4n) is 1.03. The Hall–Kier alpha value is -1.36. The quantitative estimate of drug-likeness (QED) is 0.675. The molecule has 1 rings (SSSR count). The Morgan fingerprint density at radius 2 is 2.31 bits per heavy atom. The zero-order valence-electron chi connectivity index (χ0n) is 8.11. The van der Waals surface area contributed by atoms with Crippen molar-refractivity contribution in [2.45, 2.75) is 6.54 Å². The zero-order chi connectivity index (χ0) is 10.0. The van der Waals surface area contributed by atoms with E-state index < -0.39 is 0 Å². The van der Waals surface area contributed by atoms with Gasteiger partial charge in [-0.3, -0.25) is 9.48 Å². The molecule has 1 amide bonds. The molecule has 0 aliphatic rings. The molecule has 1 aromatic heterocycles. The van der Waals surface area contributed by atoms with Crippen LogP contribution in [0.5, 0.6) is 0 Å². The molecule has 5 nitrogen and oxygen atoms in total. The lowest BCUT2D eigenvalue weighted by Gasteiger charge is -2.06. The molecule has 0 bridgehead atoms. The number of aryl methyl sites for hydroxylation is 1. The van der Waals surface area contributed by atoms with E-state index in [1.807, 2.05) is 0 Å². The minimum atomic E-state index is -0.102. The van der Waals surface area contributed by atoms with Crippen LogP contribution >= 0.6 is 0 Å². The van der Waals surface area contributed by atoms with Crippen LogP contribution in [-0.4, -0.2) is 34.7 Å². The van der Waals surface area contributed by atoms with E-state index >= 15 is 0 Å². The third-order valence-electron chi connectivity index (χ3n) is 1.81. The van der Waals surface area contributed by atoms with Gasteiger partial charge < -0.3 is 10.6 Å². The molecule has 5 heteroatoms. The SMILES string of the molecule is CN(C)C(=O)c1cc(CN)n(C)n1. The van der Waals surface area contributed by atoms with Crippen LogP contribution in [-0.2, 0) is 13.6 Å². The predicted octanol–water partition coefficient (Wildman–Crippen LogP) is -0.419. The van der Waals surface area contributed by atoms with E-state index in [1.54, 1.807) is 31.9 Å². The topological polar surface area (TPSA) is 64.2 Å². The van der Waals surface area contributed by atoms with E-state index in [0.29, 0.717) is 12.2 Å². The third-order valence-corrected chi connectivity index (χ3v) is 1.81. The average Bonchev–Trinajstić information content (AvgIpc) is 2.45. The first kappa shape index (κ1) is 9.73. The summed E-state index contributed by atoms with van der Waals surface area (Å²) in [4.78, 5) is 12.9. The average molecular weight is 182 g/mol. The minimum Gasteiger partial charge on any atom is -0.343 e. The summed E-state index contributed by atoms with van der Waals surface area (Å²) in [5.41, 5.74) is 6.74. The van der Waals surface area contributed by atoms with Gasteiger partial charge in [0.05, 0.1) is 5.69 Å². The molecular formula is C8H14N4O. The van der Waals surface area contributed by atoms with Gasteiger partial charge in [0.25, 0.3) is 5.91 Å². The molecule has 0 radical (unpaired) electrons. The fraction of sp³-hybridized carbons (Fsp3) is 0.500. The molecule has 0 fully saturated rings. The van der Waals surface area contributed by atoms with Crippen molar-refractivity contribution in [2.24, 2.45) is 12.8 Å². The summed E-state index contributed by atoms with van der Waals surface area (Å²) in [6.45, 7) is 0.393. The van der Waals surface area contributed by atoms with Crippen molar-refractivity contribution in [1.29, 1.82) is 0 Å². The summed E-state index contributed by atoms with van der Waals surface area (Å²) in [7, 11) is 5.16. The van der Waals surface area contributed by atoms with Gasteiger partial charge in [0, 0.05) is 27.7 Å². The number of hydrogen-bond acceptors (Lipinski definition) is 3. The second-order valence-electron chi connectivity index (χ2n) is 3.05. The summed E-state index contributed by atoms with van der Waals surface area (Å²) in [6, 6.07) is 1.71. The summed E-state index contributed by atoms with van der Waals surface area (Å²) in [6.07, 6.45) is 0. The van der Waals surface area contributed by atoms with Crippen molar-refractivity contribution in [3.8, 4) is 0 Å². The summed E-state index contributed by atoms with van der Waals surface area (Å²) >= 11 is 0. The van der Waals surface area contributed by atoms with Crippen molar-refractivity contribution in [3.63, 3.8) is 0 Å². The number of hydrogen-bond donors (Lipinski definition) is 1. The van der Waals surface area contributed by atoms with Gasteiger partial charge in [-0.25, -0.2) is 0 Å². The maximum Gasteiger partial charge on any atom is 0.273 e. The molecule has 13 heavy (non-hydrogen) atoms. The molecule has 0 atom stereocenters. The lowest BCUT2D eigenvalue weighted by Crippen LogP contribution is -2.22. The molecule has 0 spiro atoms. The van der Waals surface area contributed by atoms with Crippen LogP contribution in [0.4, 0.5) is 0 Å². The summed E-state index contributed by atoms with van der Waals surface area (Å²) in [5.74, 6) is -0.102. The molecule has 0 saturated heterocycles. The number of nitrogens with two attached hydrogens (primary N) is 1. The van der Waals surface area contributed by atoms with Crippen molar-refractivity contribution >= 4 is 5.91 Å². The van der Waals surface area contributed by atoms with Crippen molar-refractivity contribution in [1.82, 2.24) is 14.7 Å². The summed E-state index contributed by atoms with van der Waals surface area (Å²) < 4.78 is 1.62. The highest BCUT2D eigenvalue weighted by atomic mass is 16.2. The van der Waals surface area contributed by atoms with Gasteiger partial charge in [0.1, 0.15) is 0 Å². The van der Waals surface area contributed by atoms with E-state index in [0.717, 1.165) is 5.69 Å². The standard InChI is InChI=1S/C8H14N4O/c1-11(2)8(13)7-4-6(5-9)12(3)10-7/h4H,5,9H2,1-3H3. The van der Waals surface area contributed by atoms with Crippen LogP contribution in [0.1, 0.15) is 16.2 Å². The normalized spacial score (nSPS) is 10.2. The lowest BCUT2D eigenvalue weighted by molar-refractivity contribution is 0.0821. The number of amides is 1. The monoisotopic (exact) mass is 182 g/mol.